The fraction of sp³-hybridized carbons (Fsp3) is 0.417. The van der Waals surface area contributed by atoms with Gasteiger partial charge in [-0.15, -0.1) is 0 Å². The fourth-order valence-electron chi connectivity index (χ4n) is 3.03. The van der Waals surface area contributed by atoms with E-state index >= 15 is 0 Å². The largest absolute Gasteiger partial charge is 0.497 e. The van der Waals surface area contributed by atoms with Crippen molar-refractivity contribution >= 4 is 41.6 Å². The number of piperidine rings is 1. The maximum Gasteiger partial charge on any atom is 0.212 e. The highest BCUT2D eigenvalue weighted by Gasteiger charge is 2.10. The lowest BCUT2D eigenvalue weighted by molar-refractivity contribution is -0.108. The summed E-state index contributed by atoms with van der Waals surface area (Å²) in [5.41, 5.74) is 2.16. The normalized spacial score (nSPS) is 13.3. The predicted octanol–water partition coefficient (Wildman–Crippen LogP) is 5.83. The van der Waals surface area contributed by atoms with E-state index in [2.05, 4.69) is 21.4 Å². The predicted molar refractivity (Wildman–Crippen MR) is 136 cm³/mol. The van der Waals surface area contributed by atoms with E-state index in [9.17, 15) is 4.79 Å². The van der Waals surface area contributed by atoms with Gasteiger partial charge in [-0.05, 0) is 67.9 Å². The van der Waals surface area contributed by atoms with Gasteiger partial charge in [0.25, 0.3) is 0 Å². The lowest BCUT2D eigenvalue weighted by atomic mass is 10.1. The van der Waals surface area contributed by atoms with Crippen LogP contribution in [-0.4, -0.2) is 44.9 Å². The number of hydrogen-bond donors (Lipinski definition) is 1. The maximum absolute atomic E-state index is 9.97. The third kappa shape index (κ3) is 10.4. The standard InChI is InChI=1S/C12H15Cl2N.C10H13N3O2.C2H6/c13-11-5-4-10(8-12(11)14)9-15-6-2-1-3-7-15;1-13(12-7-11-8-14)9-3-5-10(15-2)6-4-9;1-2/h4-5,8H,1-3,6-7,9H2;3-8H,1-2H3,(H,11,12,14);1-2H3. The Bertz CT molecular complexity index is 810. The van der Waals surface area contributed by atoms with Crippen LogP contribution >= 0.6 is 23.2 Å². The Kier molecular flexibility index (Phi) is 14.2. The van der Waals surface area contributed by atoms with E-state index in [1.54, 1.807) is 19.2 Å². The minimum atomic E-state index is 0.561. The Morgan fingerprint density at radius 2 is 1.72 bits per heavy atom. The first-order chi connectivity index (χ1) is 15.5. The molecule has 1 aliphatic rings. The van der Waals surface area contributed by atoms with Crippen LogP contribution in [-0.2, 0) is 11.3 Å². The van der Waals surface area contributed by atoms with Crippen molar-refractivity contribution in [1.29, 1.82) is 0 Å². The van der Waals surface area contributed by atoms with Crippen LogP contribution in [0.4, 0.5) is 5.69 Å². The van der Waals surface area contributed by atoms with E-state index in [4.69, 9.17) is 27.9 Å². The van der Waals surface area contributed by atoms with Gasteiger partial charge in [0.05, 0.1) is 22.8 Å². The Balaban J connectivity index is 0.000000297. The van der Waals surface area contributed by atoms with Crippen molar-refractivity contribution in [1.82, 2.24) is 10.2 Å². The number of hydrogen-bond acceptors (Lipinski definition) is 5. The summed E-state index contributed by atoms with van der Waals surface area (Å²) in [6.07, 6.45) is 5.89. The summed E-state index contributed by atoms with van der Waals surface area (Å²) in [6.45, 7) is 7.41. The molecule has 2 aromatic rings. The Labute approximate surface area is 202 Å². The molecule has 1 saturated heterocycles. The third-order valence-electron chi connectivity index (χ3n) is 4.66. The molecule has 0 atom stereocenters. The van der Waals surface area contributed by atoms with Crippen molar-refractivity contribution < 1.29 is 9.53 Å². The highest BCUT2D eigenvalue weighted by molar-refractivity contribution is 6.42. The molecule has 176 valence electrons. The highest BCUT2D eigenvalue weighted by Crippen LogP contribution is 2.24. The molecule has 1 amide bonds. The first kappa shape index (κ1) is 27.8. The first-order valence-corrected chi connectivity index (χ1v) is 11.5. The zero-order valence-electron chi connectivity index (χ0n) is 19.4. The summed E-state index contributed by atoms with van der Waals surface area (Å²) in [5, 5.41) is 9.23. The number of carbonyl (C=O) groups excluding carboxylic acids is 1. The number of nitrogens with zero attached hydrogens (tertiary/aromatic N) is 3. The number of likely N-dealkylation sites (tertiary alicyclic amines) is 1. The number of rotatable bonds is 7. The van der Waals surface area contributed by atoms with Crippen molar-refractivity contribution in [3.8, 4) is 5.75 Å². The summed E-state index contributed by atoms with van der Waals surface area (Å²) >= 11 is 11.9. The number of nitrogens with one attached hydrogen (secondary N) is 1. The molecular formula is C24H34Cl2N4O2. The van der Waals surface area contributed by atoms with Crippen LogP contribution in [0.2, 0.25) is 10.0 Å². The number of carbonyl (C=O) groups is 1. The minimum absolute atomic E-state index is 0.561. The van der Waals surface area contributed by atoms with Gasteiger partial charge in [-0.3, -0.25) is 14.7 Å². The van der Waals surface area contributed by atoms with E-state index < -0.39 is 0 Å². The molecule has 0 saturated carbocycles. The molecule has 6 nitrogen and oxygen atoms in total. The summed E-state index contributed by atoms with van der Waals surface area (Å²) in [4.78, 5) is 12.4. The quantitative estimate of drug-likeness (QED) is 0.234. The monoisotopic (exact) mass is 480 g/mol. The van der Waals surface area contributed by atoms with Crippen molar-refractivity contribution in [3.63, 3.8) is 0 Å². The molecule has 3 rings (SSSR count). The van der Waals surface area contributed by atoms with Gasteiger partial charge in [-0.1, -0.05) is 49.5 Å². The Morgan fingerprint density at radius 3 is 2.28 bits per heavy atom. The molecule has 1 heterocycles. The van der Waals surface area contributed by atoms with Crippen molar-refractivity contribution in [2.24, 2.45) is 5.10 Å². The van der Waals surface area contributed by atoms with Gasteiger partial charge in [-0.25, -0.2) is 0 Å². The molecule has 2 aromatic carbocycles. The third-order valence-corrected chi connectivity index (χ3v) is 5.40. The molecule has 0 aliphatic carbocycles. The van der Waals surface area contributed by atoms with Gasteiger partial charge in [0.1, 0.15) is 12.1 Å². The molecule has 0 unspecified atom stereocenters. The van der Waals surface area contributed by atoms with Crippen LogP contribution in [0.5, 0.6) is 5.75 Å². The second-order valence-electron chi connectivity index (χ2n) is 6.84. The number of benzene rings is 2. The molecule has 0 bridgehead atoms. The van der Waals surface area contributed by atoms with Gasteiger partial charge in [0, 0.05) is 13.6 Å². The molecule has 1 fully saturated rings. The van der Waals surface area contributed by atoms with E-state index in [1.807, 2.05) is 50.2 Å². The van der Waals surface area contributed by atoms with Crippen LogP contribution in [0.3, 0.4) is 0 Å². The molecule has 0 aromatic heterocycles. The topological polar surface area (TPSA) is 57.2 Å². The van der Waals surface area contributed by atoms with Gasteiger partial charge < -0.3 is 10.1 Å². The number of methoxy groups -OCH3 is 1. The number of hydrazone groups is 1. The Hall–Kier alpha value is -2.28. The lowest BCUT2D eigenvalue weighted by Gasteiger charge is -2.26. The molecular weight excluding hydrogens is 447 g/mol. The van der Waals surface area contributed by atoms with E-state index in [0.29, 0.717) is 16.5 Å². The molecule has 0 spiro atoms. The van der Waals surface area contributed by atoms with Gasteiger partial charge in [0.2, 0.25) is 6.41 Å². The smallest absolute Gasteiger partial charge is 0.212 e. The van der Waals surface area contributed by atoms with Gasteiger partial charge in [-0.2, -0.15) is 5.10 Å². The molecule has 8 heteroatoms. The summed E-state index contributed by atoms with van der Waals surface area (Å²) in [5.74, 6) is 0.794. The average Bonchev–Trinajstić information content (AvgIpc) is 2.84. The number of amides is 1. The molecule has 32 heavy (non-hydrogen) atoms. The van der Waals surface area contributed by atoms with E-state index in [0.717, 1.165) is 18.0 Å². The van der Waals surface area contributed by atoms with Gasteiger partial charge >= 0.3 is 0 Å². The first-order valence-electron chi connectivity index (χ1n) is 10.8. The van der Waals surface area contributed by atoms with E-state index in [1.165, 1.54) is 44.3 Å². The highest BCUT2D eigenvalue weighted by atomic mass is 35.5. The van der Waals surface area contributed by atoms with Crippen molar-refractivity contribution in [3.05, 3.63) is 58.1 Å². The molecule has 1 aliphatic heterocycles. The van der Waals surface area contributed by atoms with E-state index in [-0.39, 0.29) is 0 Å². The number of anilines is 1. The van der Waals surface area contributed by atoms with Crippen LogP contribution in [0.25, 0.3) is 0 Å². The fourth-order valence-corrected chi connectivity index (χ4v) is 3.35. The SMILES string of the molecule is CC.COc1ccc(N(C)/N=C\NC=O)cc1.Clc1ccc(CN2CCCCC2)cc1Cl. The lowest BCUT2D eigenvalue weighted by Crippen LogP contribution is -2.29. The zero-order valence-corrected chi connectivity index (χ0v) is 20.9. The van der Waals surface area contributed by atoms with Crippen LogP contribution in [0.1, 0.15) is 38.7 Å². The number of halogens is 2. The second-order valence-corrected chi connectivity index (χ2v) is 7.65. The van der Waals surface area contributed by atoms with Gasteiger partial charge in [0.15, 0.2) is 0 Å². The van der Waals surface area contributed by atoms with Crippen molar-refractivity contribution in [2.45, 2.75) is 39.7 Å². The molecule has 1 N–H and O–H groups in total. The Morgan fingerprint density at radius 1 is 1.06 bits per heavy atom. The van der Waals surface area contributed by atoms with Crippen LogP contribution in [0.15, 0.2) is 47.6 Å². The maximum atomic E-state index is 9.97. The summed E-state index contributed by atoms with van der Waals surface area (Å²) in [7, 11) is 3.40. The minimum Gasteiger partial charge on any atom is -0.497 e. The number of ether oxygens (including phenoxy) is 1. The summed E-state index contributed by atoms with van der Waals surface area (Å²) in [6, 6.07) is 13.3. The van der Waals surface area contributed by atoms with Crippen LogP contribution < -0.4 is 15.1 Å². The van der Waals surface area contributed by atoms with Crippen LogP contribution in [0, 0.1) is 0 Å². The van der Waals surface area contributed by atoms with Crippen molar-refractivity contribution in [2.75, 3.05) is 32.3 Å². The average molecular weight is 481 g/mol. The second kappa shape index (κ2) is 16.4. The summed E-state index contributed by atoms with van der Waals surface area (Å²) < 4.78 is 5.03. The zero-order chi connectivity index (χ0) is 23.8. The molecule has 0 radical (unpaired) electrons.